The van der Waals surface area contributed by atoms with Crippen LogP contribution in [0.2, 0.25) is 0 Å². The van der Waals surface area contributed by atoms with Gasteiger partial charge in [-0.1, -0.05) is 31.5 Å². The van der Waals surface area contributed by atoms with Crippen molar-refractivity contribution in [1.29, 1.82) is 0 Å². The molecule has 0 bridgehead atoms. The second-order valence-electron chi connectivity index (χ2n) is 2.53. The molecule has 1 rings (SSSR count). The van der Waals surface area contributed by atoms with Crippen LogP contribution in [-0.4, -0.2) is 7.11 Å². The highest BCUT2D eigenvalue weighted by Crippen LogP contribution is 2.10. The fourth-order valence-corrected chi connectivity index (χ4v) is 0.970. The first kappa shape index (κ1) is 12.1. The molecule has 0 heterocycles. The fraction of sp³-hybridized carbons (Fsp3) is 0.455. The van der Waals surface area contributed by atoms with Crippen molar-refractivity contribution in [3.05, 3.63) is 35.1 Å². The molecule has 0 aliphatic rings. The van der Waals surface area contributed by atoms with Crippen LogP contribution in [0.15, 0.2) is 18.2 Å². The zero-order chi connectivity index (χ0) is 10.3. The van der Waals surface area contributed by atoms with Crippen LogP contribution in [0.3, 0.4) is 0 Å². The minimum Gasteiger partial charge on any atom is -0.380 e. The summed E-state index contributed by atoms with van der Waals surface area (Å²) in [5.74, 6) is -0.197. The first-order chi connectivity index (χ1) is 6.24. The Labute approximate surface area is 79.5 Å². The maximum atomic E-state index is 12.9. The van der Waals surface area contributed by atoms with Gasteiger partial charge in [-0.25, -0.2) is 4.39 Å². The maximum absolute atomic E-state index is 12.9. The molecule has 1 aromatic rings. The van der Waals surface area contributed by atoms with Gasteiger partial charge >= 0.3 is 0 Å². The smallest absolute Gasteiger partial charge is 0.128 e. The Bertz CT molecular complexity index is 246. The third kappa shape index (κ3) is 4.04. The van der Waals surface area contributed by atoms with Crippen LogP contribution in [0.25, 0.3) is 0 Å². The van der Waals surface area contributed by atoms with Crippen LogP contribution in [0.1, 0.15) is 25.0 Å². The molecule has 0 aliphatic heterocycles. The molecule has 0 aliphatic carbocycles. The topological polar surface area (TPSA) is 9.23 Å². The molecule has 0 unspecified atom stereocenters. The molecule has 0 aromatic heterocycles. The molecule has 0 amide bonds. The largest absolute Gasteiger partial charge is 0.380 e. The normalized spacial score (nSPS) is 9.00. The van der Waals surface area contributed by atoms with Crippen molar-refractivity contribution in [3.8, 4) is 0 Å². The standard InChI is InChI=1S/C9H11FO.C2H6/c1-7-3-4-9(10)8(5-7)6-11-2;1-2/h3-5H,6H2,1-2H3;1-2H3. The van der Waals surface area contributed by atoms with Gasteiger partial charge in [0.25, 0.3) is 0 Å². The van der Waals surface area contributed by atoms with Crippen LogP contribution >= 0.6 is 0 Å². The molecular formula is C11H17FO. The summed E-state index contributed by atoms with van der Waals surface area (Å²) in [5.41, 5.74) is 1.67. The van der Waals surface area contributed by atoms with Crippen molar-refractivity contribution in [2.45, 2.75) is 27.4 Å². The summed E-state index contributed by atoms with van der Waals surface area (Å²) in [4.78, 5) is 0. The van der Waals surface area contributed by atoms with Crippen molar-refractivity contribution in [2.24, 2.45) is 0 Å². The van der Waals surface area contributed by atoms with Crippen molar-refractivity contribution < 1.29 is 9.13 Å². The van der Waals surface area contributed by atoms with E-state index in [0.29, 0.717) is 12.2 Å². The van der Waals surface area contributed by atoms with Crippen LogP contribution in [0.5, 0.6) is 0 Å². The molecule has 1 nitrogen and oxygen atoms in total. The molecule has 1 aromatic carbocycles. The average Bonchev–Trinajstić information content (AvgIpc) is 2.15. The van der Waals surface area contributed by atoms with Gasteiger partial charge in [0.15, 0.2) is 0 Å². The molecule has 0 saturated heterocycles. The van der Waals surface area contributed by atoms with Gasteiger partial charge in [-0.2, -0.15) is 0 Å². The minimum atomic E-state index is -0.197. The van der Waals surface area contributed by atoms with Gasteiger partial charge in [0.1, 0.15) is 5.82 Å². The lowest BCUT2D eigenvalue weighted by Gasteiger charge is -2.01. The molecular weight excluding hydrogens is 167 g/mol. The Morgan fingerprint density at radius 1 is 1.31 bits per heavy atom. The second-order valence-corrected chi connectivity index (χ2v) is 2.53. The minimum absolute atomic E-state index is 0.197. The lowest BCUT2D eigenvalue weighted by molar-refractivity contribution is 0.181. The Hall–Kier alpha value is -0.890. The van der Waals surface area contributed by atoms with Crippen LogP contribution in [-0.2, 0) is 11.3 Å². The molecule has 0 spiro atoms. The predicted octanol–water partition coefficient (Wildman–Crippen LogP) is 3.31. The van der Waals surface area contributed by atoms with Crippen LogP contribution < -0.4 is 0 Å². The van der Waals surface area contributed by atoms with Gasteiger partial charge in [-0.05, 0) is 13.0 Å². The Morgan fingerprint density at radius 2 is 1.92 bits per heavy atom. The Balaban J connectivity index is 0.000000671. The van der Waals surface area contributed by atoms with Gasteiger partial charge in [0, 0.05) is 12.7 Å². The number of methoxy groups -OCH3 is 1. The van der Waals surface area contributed by atoms with E-state index in [1.54, 1.807) is 19.2 Å². The molecule has 13 heavy (non-hydrogen) atoms. The number of hydrogen-bond acceptors (Lipinski definition) is 1. The molecule has 2 heteroatoms. The van der Waals surface area contributed by atoms with E-state index in [-0.39, 0.29) is 5.82 Å². The average molecular weight is 184 g/mol. The maximum Gasteiger partial charge on any atom is 0.128 e. The van der Waals surface area contributed by atoms with Crippen molar-refractivity contribution in [3.63, 3.8) is 0 Å². The summed E-state index contributed by atoms with van der Waals surface area (Å²) in [6.45, 7) is 6.27. The summed E-state index contributed by atoms with van der Waals surface area (Å²) in [5, 5.41) is 0. The molecule has 0 N–H and O–H groups in total. The van der Waals surface area contributed by atoms with Gasteiger partial charge in [0.2, 0.25) is 0 Å². The van der Waals surface area contributed by atoms with Crippen molar-refractivity contribution in [1.82, 2.24) is 0 Å². The van der Waals surface area contributed by atoms with Gasteiger partial charge in [-0.3, -0.25) is 0 Å². The lowest BCUT2D eigenvalue weighted by atomic mass is 10.1. The summed E-state index contributed by atoms with van der Waals surface area (Å²) < 4.78 is 17.7. The monoisotopic (exact) mass is 184 g/mol. The quantitative estimate of drug-likeness (QED) is 0.685. The van der Waals surface area contributed by atoms with E-state index in [4.69, 9.17) is 4.74 Å². The second kappa shape index (κ2) is 6.61. The SMILES string of the molecule is CC.COCc1cc(C)ccc1F. The number of benzene rings is 1. The Kier molecular flexibility index (Phi) is 6.15. The van der Waals surface area contributed by atoms with Gasteiger partial charge < -0.3 is 4.74 Å². The van der Waals surface area contributed by atoms with Crippen LogP contribution in [0.4, 0.5) is 4.39 Å². The fourth-order valence-electron chi connectivity index (χ4n) is 0.970. The third-order valence-electron chi connectivity index (χ3n) is 1.50. The predicted molar refractivity (Wildman–Crippen MR) is 53.2 cm³/mol. The summed E-state index contributed by atoms with van der Waals surface area (Å²) in [7, 11) is 1.56. The number of ether oxygens (including phenoxy) is 1. The number of rotatable bonds is 2. The number of aryl methyl sites for hydroxylation is 1. The molecule has 74 valence electrons. The van der Waals surface area contributed by atoms with E-state index >= 15 is 0 Å². The Morgan fingerprint density at radius 3 is 2.46 bits per heavy atom. The molecule has 0 atom stereocenters. The number of halogens is 1. The van der Waals surface area contributed by atoms with Gasteiger partial charge in [-0.15, -0.1) is 0 Å². The third-order valence-corrected chi connectivity index (χ3v) is 1.50. The highest BCUT2D eigenvalue weighted by atomic mass is 19.1. The van der Waals surface area contributed by atoms with E-state index in [0.717, 1.165) is 5.56 Å². The van der Waals surface area contributed by atoms with E-state index < -0.39 is 0 Å². The van der Waals surface area contributed by atoms with Crippen molar-refractivity contribution in [2.75, 3.05) is 7.11 Å². The van der Waals surface area contributed by atoms with E-state index in [9.17, 15) is 4.39 Å². The molecule has 0 fully saturated rings. The van der Waals surface area contributed by atoms with Crippen LogP contribution in [0, 0.1) is 12.7 Å². The molecule has 0 radical (unpaired) electrons. The zero-order valence-corrected chi connectivity index (χ0v) is 8.73. The number of hydrogen-bond donors (Lipinski definition) is 0. The van der Waals surface area contributed by atoms with E-state index in [2.05, 4.69) is 0 Å². The summed E-state index contributed by atoms with van der Waals surface area (Å²) in [6.07, 6.45) is 0. The molecule has 0 saturated carbocycles. The lowest BCUT2D eigenvalue weighted by Crippen LogP contribution is -1.92. The summed E-state index contributed by atoms with van der Waals surface area (Å²) in [6, 6.07) is 5.00. The highest BCUT2D eigenvalue weighted by molar-refractivity contribution is 5.23. The first-order valence-electron chi connectivity index (χ1n) is 4.48. The van der Waals surface area contributed by atoms with Gasteiger partial charge in [0.05, 0.1) is 6.61 Å². The van der Waals surface area contributed by atoms with E-state index in [1.807, 2.05) is 20.8 Å². The zero-order valence-electron chi connectivity index (χ0n) is 8.73. The van der Waals surface area contributed by atoms with E-state index in [1.165, 1.54) is 6.07 Å². The first-order valence-corrected chi connectivity index (χ1v) is 4.48. The summed E-state index contributed by atoms with van der Waals surface area (Å²) >= 11 is 0. The highest BCUT2D eigenvalue weighted by Gasteiger charge is 1.99. The van der Waals surface area contributed by atoms with Crippen molar-refractivity contribution >= 4 is 0 Å².